The molecule has 1 saturated carbocycles. The van der Waals surface area contributed by atoms with Crippen LogP contribution in [0.5, 0.6) is 0 Å². The van der Waals surface area contributed by atoms with Crippen molar-refractivity contribution in [2.75, 3.05) is 13.1 Å². The average molecular weight is 631 g/mol. The molecule has 16 nitrogen and oxygen atoms in total. The summed E-state index contributed by atoms with van der Waals surface area (Å²) in [5, 5.41) is 34.4. The third-order valence-corrected chi connectivity index (χ3v) is 8.08. The Bertz CT molecular complexity index is 1710. The SMILES string of the molecule is O=C1NCc2ccc(c([N+](=O)[O-])c2)CNC(=O)c2cccc(n2)C(=O)NCC2CC[C@@H](CNC(=O)c3cccc1n3)[C@@H]([N+](=O)[O-])C2. The molecule has 1 unspecified atom stereocenters. The van der Waals surface area contributed by atoms with Gasteiger partial charge in [-0.05, 0) is 48.6 Å². The van der Waals surface area contributed by atoms with Crippen LogP contribution in [-0.2, 0) is 13.1 Å². The van der Waals surface area contributed by atoms with Crippen LogP contribution in [0.4, 0.5) is 5.69 Å². The zero-order valence-corrected chi connectivity index (χ0v) is 24.4. The molecule has 5 aliphatic rings. The van der Waals surface area contributed by atoms with Gasteiger partial charge in [-0.15, -0.1) is 0 Å². The zero-order valence-electron chi connectivity index (χ0n) is 24.4. The van der Waals surface area contributed by atoms with Gasteiger partial charge < -0.3 is 21.3 Å². The van der Waals surface area contributed by atoms with Crippen LogP contribution in [0.3, 0.4) is 0 Å². The van der Waals surface area contributed by atoms with Gasteiger partial charge in [0.15, 0.2) is 0 Å². The topological polar surface area (TPSA) is 228 Å². The molecule has 3 atom stereocenters. The largest absolute Gasteiger partial charge is 0.350 e. The van der Waals surface area contributed by atoms with E-state index in [1.165, 1.54) is 48.5 Å². The minimum atomic E-state index is -0.950. The Kier molecular flexibility index (Phi) is 9.54. The van der Waals surface area contributed by atoms with E-state index in [0.717, 1.165) is 0 Å². The third-order valence-electron chi connectivity index (χ3n) is 8.08. The van der Waals surface area contributed by atoms with Crippen LogP contribution in [-0.4, -0.2) is 62.6 Å². The van der Waals surface area contributed by atoms with Crippen LogP contribution in [0.1, 0.15) is 72.3 Å². The zero-order chi connectivity index (χ0) is 32.8. The highest BCUT2D eigenvalue weighted by atomic mass is 16.6. The molecule has 4 aliphatic heterocycles. The van der Waals surface area contributed by atoms with E-state index in [4.69, 9.17) is 0 Å². The molecule has 6 heterocycles. The molecule has 4 amide bonds. The van der Waals surface area contributed by atoms with Crippen molar-refractivity contribution in [2.24, 2.45) is 11.8 Å². The van der Waals surface area contributed by atoms with E-state index in [2.05, 4.69) is 31.2 Å². The summed E-state index contributed by atoms with van der Waals surface area (Å²) in [7, 11) is 0. The standard InChI is InChI=1S/C30H30N8O8/c39-27-21-3-1-5-23(35-21)29(41)33-15-19-9-8-18(12-25(19)37(43)44)14-32-28(40)22-4-2-6-24(36-22)30(42)34-16-20-10-7-17(13-31-27)11-26(20)38(45)46/h1-7,10-11,18-19,25H,8-9,12-16H2,(H,31,39)(H,32,40)(H,33,41)(H,34,42)/t18?,19-,25-/m0/s1. The first kappa shape index (κ1) is 31.6. The highest BCUT2D eigenvalue weighted by Crippen LogP contribution is 2.30. The fourth-order valence-corrected chi connectivity index (χ4v) is 5.57. The highest BCUT2D eigenvalue weighted by Gasteiger charge is 2.38. The van der Waals surface area contributed by atoms with E-state index >= 15 is 0 Å². The van der Waals surface area contributed by atoms with Crippen LogP contribution in [0.15, 0.2) is 54.6 Å². The van der Waals surface area contributed by atoms with Gasteiger partial charge in [-0.3, -0.25) is 39.4 Å². The monoisotopic (exact) mass is 630 g/mol. The molecular weight excluding hydrogens is 600 g/mol. The molecule has 4 N–H and O–H groups in total. The maximum Gasteiger partial charge on any atom is 0.274 e. The highest BCUT2D eigenvalue weighted by molar-refractivity contribution is 5.97. The predicted molar refractivity (Wildman–Crippen MR) is 160 cm³/mol. The van der Waals surface area contributed by atoms with E-state index < -0.39 is 40.5 Å². The first-order chi connectivity index (χ1) is 22.1. The summed E-state index contributed by atoms with van der Waals surface area (Å²) in [6, 6.07) is 11.9. The molecule has 1 fully saturated rings. The number of nitrogens with one attached hydrogen (secondary N) is 4. The van der Waals surface area contributed by atoms with E-state index in [1.54, 1.807) is 6.07 Å². The maximum absolute atomic E-state index is 12.9. The molecule has 16 heteroatoms. The number of carbonyl (C=O) groups excluding carboxylic acids is 4. The minimum absolute atomic E-state index is 0.0230. The number of amides is 4. The number of rotatable bonds is 2. The summed E-state index contributed by atoms with van der Waals surface area (Å²) in [6.07, 6.45) is 1.20. The molecule has 0 radical (unpaired) electrons. The molecule has 0 spiro atoms. The Balaban J connectivity index is 1.41. The molecule has 8 rings (SSSR count). The number of carbonyl (C=O) groups is 4. The van der Waals surface area contributed by atoms with E-state index in [0.29, 0.717) is 18.4 Å². The van der Waals surface area contributed by atoms with Crippen molar-refractivity contribution in [2.45, 2.75) is 38.4 Å². The van der Waals surface area contributed by atoms with Crippen molar-refractivity contribution < 1.29 is 29.0 Å². The van der Waals surface area contributed by atoms with Gasteiger partial charge in [0.2, 0.25) is 6.04 Å². The van der Waals surface area contributed by atoms with Crippen molar-refractivity contribution >= 4 is 29.3 Å². The Hall–Kier alpha value is -5.80. The third kappa shape index (κ3) is 7.46. The van der Waals surface area contributed by atoms with E-state index in [1.807, 2.05) is 0 Å². The summed E-state index contributed by atoms with van der Waals surface area (Å²) in [4.78, 5) is 82.4. The quantitative estimate of drug-likeness (QED) is 0.237. The molecule has 0 saturated heterocycles. The molecule has 2 aromatic heterocycles. The number of benzene rings is 1. The number of nitro groups is 2. The lowest BCUT2D eigenvalue weighted by Crippen LogP contribution is -2.44. The normalized spacial score (nSPS) is 21.0. The smallest absolute Gasteiger partial charge is 0.274 e. The second-order valence-corrected chi connectivity index (χ2v) is 11.1. The van der Waals surface area contributed by atoms with Crippen molar-refractivity contribution in [3.05, 3.63) is 109 Å². The van der Waals surface area contributed by atoms with E-state index in [-0.39, 0.29) is 77.5 Å². The first-order valence-electron chi connectivity index (χ1n) is 14.6. The Morgan fingerprint density at radius 2 is 1.22 bits per heavy atom. The van der Waals surface area contributed by atoms with Gasteiger partial charge in [-0.1, -0.05) is 24.3 Å². The van der Waals surface area contributed by atoms with E-state index in [9.17, 15) is 39.4 Å². The van der Waals surface area contributed by atoms with Crippen LogP contribution in [0, 0.1) is 32.1 Å². The summed E-state index contributed by atoms with van der Waals surface area (Å²) < 4.78 is 0. The molecule has 8 bridgehead atoms. The van der Waals surface area contributed by atoms with Gasteiger partial charge in [0.25, 0.3) is 29.3 Å². The van der Waals surface area contributed by atoms with Crippen LogP contribution >= 0.6 is 0 Å². The number of aromatic nitrogens is 2. The lowest BCUT2D eigenvalue weighted by molar-refractivity contribution is -0.536. The fraction of sp³-hybridized carbons (Fsp3) is 0.333. The lowest BCUT2D eigenvalue weighted by atomic mass is 9.78. The molecule has 1 aliphatic carbocycles. The minimum Gasteiger partial charge on any atom is -0.350 e. The maximum atomic E-state index is 12.9. The average Bonchev–Trinajstić information content (AvgIpc) is 3.07. The Labute approximate surface area is 261 Å². The first-order valence-corrected chi connectivity index (χ1v) is 14.6. The van der Waals surface area contributed by atoms with Crippen molar-refractivity contribution in [3.63, 3.8) is 0 Å². The van der Waals surface area contributed by atoms with Crippen LogP contribution < -0.4 is 21.3 Å². The molecular formula is C30H30N8O8. The summed E-state index contributed by atoms with van der Waals surface area (Å²) in [6.45, 7) is -0.124. The molecule has 1 aromatic carbocycles. The number of nitrogens with zero attached hydrogens (tertiary/aromatic N) is 4. The number of pyridine rings is 2. The predicted octanol–water partition coefficient (Wildman–Crippen LogP) is 1.78. The van der Waals surface area contributed by atoms with Gasteiger partial charge in [0.1, 0.15) is 22.8 Å². The number of nitro benzene ring substituents is 1. The van der Waals surface area contributed by atoms with Crippen molar-refractivity contribution in [3.8, 4) is 0 Å². The molecule has 3 aromatic rings. The number of hydrogen-bond acceptors (Lipinski definition) is 10. The van der Waals surface area contributed by atoms with Crippen molar-refractivity contribution in [1.29, 1.82) is 0 Å². The van der Waals surface area contributed by atoms with Gasteiger partial charge in [-0.2, -0.15) is 0 Å². The van der Waals surface area contributed by atoms with Crippen LogP contribution in [0.2, 0.25) is 0 Å². The van der Waals surface area contributed by atoms with Crippen LogP contribution in [0.25, 0.3) is 0 Å². The molecule has 238 valence electrons. The lowest BCUT2D eigenvalue weighted by Gasteiger charge is -2.31. The summed E-state index contributed by atoms with van der Waals surface area (Å²) in [5.74, 6) is -3.09. The summed E-state index contributed by atoms with van der Waals surface area (Å²) in [5.41, 5.74) is 0.0954. The Morgan fingerprint density at radius 3 is 1.78 bits per heavy atom. The second kappa shape index (κ2) is 13.9. The van der Waals surface area contributed by atoms with Gasteiger partial charge in [0, 0.05) is 55.1 Å². The second-order valence-electron chi connectivity index (χ2n) is 11.1. The van der Waals surface area contributed by atoms with Crippen molar-refractivity contribution in [1.82, 2.24) is 31.2 Å². The van der Waals surface area contributed by atoms with Gasteiger partial charge >= 0.3 is 0 Å². The number of hydrogen-bond donors (Lipinski definition) is 4. The fourth-order valence-electron chi connectivity index (χ4n) is 5.57. The van der Waals surface area contributed by atoms with Gasteiger partial charge in [0.05, 0.1) is 4.92 Å². The summed E-state index contributed by atoms with van der Waals surface area (Å²) >= 11 is 0. The Morgan fingerprint density at radius 1 is 0.674 bits per heavy atom. The van der Waals surface area contributed by atoms with Gasteiger partial charge in [-0.25, -0.2) is 9.97 Å². The molecule has 46 heavy (non-hydrogen) atoms.